The van der Waals surface area contributed by atoms with E-state index >= 15 is 0 Å². The minimum Gasteiger partial charge on any atom is -0.378 e. The number of aryl methyl sites for hydroxylation is 1. The summed E-state index contributed by atoms with van der Waals surface area (Å²) < 4.78 is 5.99. The highest BCUT2D eigenvalue weighted by Gasteiger charge is 2.20. The maximum Gasteiger partial charge on any atom is 0.0605 e. The van der Waals surface area contributed by atoms with Crippen LogP contribution < -0.4 is 5.32 Å². The quantitative estimate of drug-likeness (QED) is 0.809. The molecule has 1 aromatic heterocycles. The van der Waals surface area contributed by atoms with Gasteiger partial charge in [-0.2, -0.15) is 0 Å². The first-order chi connectivity index (χ1) is 10.4. The van der Waals surface area contributed by atoms with E-state index < -0.39 is 0 Å². The first-order valence-corrected chi connectivity index (χ1v) is 8.72. The molecule has 3 nitrogen and oxygen atoms in total. The van der Waals surface area contributed by atoms with E-state index in [0.29, 0.717) is 12.1 Å². The van der Waals surface area contributed by atoms with E-state index in [4.69, 9.17) is 4.74 Å². The number of aromatic nitrogens is 1. The van der Waals surface area contributed by atoms with Crippen LogP contribution in [0.3, 0.4) is 0 Å². The minimum absolute atomic E-state index is 0.449. The van der Waals surface area contributed by atoms with E-state index in [1.807, 2.05) is 6.20 Å². The third-order valence-electron chi connectivity index (χ3n) is 4.81. The fourth-order valence-corrected chi connectivity index (χ4v) is 3.64. The van der Waals surface area contributed by atoms with Crippen LogP contribution in [0.1, 0.15) is 68.7 Å². The van der Waals surface area contributed by atoms with Gasteiger partial charge in [0.2, 0.25) is 0 Å². The molecule has 0 aromatic carbocycles. The number of rotatable bonds is 6. The molecule has 0 spiro atoms. The Morgan fingerprint density at radius 3 is 2.95 bits per heavy atom. The summed E-state index contributed by atoms with van der Waals surface area (Å²) in [5, 5.41) is 3.67. The SMILES string of the molecule is c1cnc2c(c1)CCCC2NCCCOC1CCCCC1. The number of nitrogens with one attached hydrogen (secondary N) is 1. The van der Waals surface area contributed by atoms with Crippen LogP contribution in [0.25, 0.3) is 0 Å². The van der Waals surface area contributed by atoms with E-state index in [2.05, 4.69) is 22.4 Å². The van der Waals surface area contributed by atoms with Gasteiger partial charge in [-0.15, -0.1) is 0 Å². The molecule has 3 rings (SSSR count). The van der Waals surface area contributed by atoms with Gasteiger partial charge in [-0.05, 0) is 56.7 Å². The molecular weight excluding hydrogens is 260 g/mol. The Kier molecular flexibility index (Phi) is 5.64. The van der Waals surface area contributed by atoms with Gasteiger partial charge < -0.3 is 10.1 Å². The van der Waals surface area contributed by atoms with Crippen LogP contribution in [0.4, 0.5) is 0 Å². The predicted molar refractivity (Wildman–Crippen MR) is 85.4 cm³/mol. The topological polar surface area (TPSA) is 34.2 Å². The van der Waals surface area contributed by atoms with Crippen LogP contribution in [0.2, 0.25) is 0 Å². The molecule has 1 heterocycles. The van der Waals surface area contributed by atoms with E-state index in [9.17, 15) is 0 Å². The normalized spacial score (nSPS) is 23.0. The van der Waals surface area contributed by atoms with Gasteiger partial charge in [0.1, 0.15) is 0 Å². The van der Waals surface area contributed by atoms with Gasteiger partial charge in [0.25, 0.3) is 0 Å². The van der Waals surface area contributed by atoms with E-state index in [0.717, 1.165) is 19.6 Å². The number of fused-ring (bicyclic) bond motifs is 1. The highest BCUT2D eigenvalue weighted by atomic mass is 16.5. The van der Waals surface area contributed by atoms with Crippen LogP contribution in [0.5, 0.6) is 0 Å². The van der Waals surface area contributed by atoms with Gasteiger partial charge in [0.05, 0.1) is 11.8 Å². The third kappa shape index (κ3) is 4.27. The monoisotopic (exact) mass is 288 g/mol. The van der Waals surface area contributed by atoms with Gasteiger partial charge >= 0.3 is 0 Å². The molecule has 21 heavy (non-hydrogen) atoms. The zero-order valence-corrected chi connectivity index (χ0v) is 13.0. The Balaban J connectivity index is 1.36. The van der Waals surface area contributed by atoms with Gasteiger partial charge in [-0.25, -0.2) is 0 Å². The summed E-state index contributed by atoms with van der Waals surface area (Å²) in [5.74, 6) is 0. The summed E-state index contributed by atoms with van der Waals surface area (Å²) in [4.78, 5) is 4.58. The average molecular weight is 288 g/mol. The smallest absolute Gasteiger partial charge is 0.0605 e. The summed E-state index contributed by atoms with van der Waals surface area (Å²) in [6, 6.07) is 4.73. The first-order valence-electron chi connectivity index (χ1n) is 8.72. The maximum absolute atomic E-state index is 5.99. The van der Waals surface area contributed by atoms with E-state index in [1.165, 1.54) is 62.6 Å². The van der Waals surface area contributed by atoms with Crippen LogP contribution >= 0.6 is 0 Å². The van der Waals surface area contributed by atoms with Crippen molar-refractivity contribution in [1.29, 1.82) is 0 Å². The molecule has 1 fully saturated rings. The summed E-state index contributed by atoms with van der Waals surface area (Å²) in [5.41, 5.74) is 2.71. The Morgan fingerprint density at radius 1 is 1.14 bits per heavy atom. The average Bonchev–Trinajstić information content (AvgIpc) is 2.56. The first kappa shape index (κ1) is 15.0. The number of hydrogen-bond acceptors (Lipinski definition) is 3. The predicted octanol–water partition coefficient (Wildman–Crippen LogP) is 3.79. The number of pyridine rings is 1. The van der Waals surface area contributed by atoms with Crippen molar-refractivity contribution in [2.24, 2.45) is 0 Å². The zero-order chi connectivity index (χ0) is 14.3. The van der Waals surface area contributed by atoms with Gasteiger partial charge in [0, 0.05) is 18.8 Å². The van der Waals surface area contributed by atoms with E-state index in [-0.39, 0.29) is 0 Å². The minimum atomic E-state index is 0.449. The molecule has 2 aliphatic carbocycles. The molecule has 1 N–H and O–H groups in total. The molecule has 1 atom stereocenters. The zero-order valence-electron chi connectivity index (χ0n) is 13.0. The number of nitrogens with zero attached hydrogens (tertiary/aromatic N) is 1. The van der Waals surface area contributed by atoms with Crippen LogP contribution in [-0.4, -0.2) is 24.2 Å². The largest absolute Gasteiger partial charge is 0.378 e. The highest BCUT2D eigenvalue weighted by Crippen LogP contribution is 2.27. The lowest BCUT2D eigenvalue weighted by Crippen LogP contribution is -2.28. The van der Waals surface area contributed by atoms with Gasteiger partial charge in [0.15, 0.2) is 0 Å². The second-order valence-electron chi connectivity index (χ2n) is 6.43. The van der Waals surface area contributed by atoms with Crippen molar-refractivity contribution in [1.82, 2.24) is 10.3 Å². The lowest BCUT2D eigenvalue weighted by atomic mass is 9.92. The molecule has 0 amide bonds. The van der Waals surface area contributed by atoms with Crippen LogP contribution in [0, 0.1) is 0 Å². The van der Waals surface area contributed by atoms with Crippen molar-refractivity contribution >= 4 is 0 Å². The Morgan fingerprint density at radius 2 is 2.05 bits per heavy atom. The Labute approximate surface area is 128 Å². The summed E-state index contributed by atoms with van der Waals surface area (Å²) in [6.07, 6.45) is 13.9. The summed E-state index contributed by atoms with van der Waals surface area (Å²) in [7, 11) is 0. The number of hydrogen-bond donors (Lipinski definition) is 1. The molecule has 116 valence electrons. The molecule has 0 saturated heterocycles. The third-order valence-corrected chi connectivity index (χ3v) is 4.81. The van der Waals surface area contributed by atoms with Gasteiger partial charge in [-0.3, -0.25) is 4.98 Å². The Hall–Kier alpha value is -0.930. The molecule has 1 unspecified atom stereocenters. The molecule has 0 bridgehead atoms. The Bertz CT molecular complexity index is 429. The highest BCUT2D eigenvalue weighted by molar-refractivity contribution is 5.25. The lowest BCUT2D eigenvalue weighted by molar-refractivity contribution is 0.0270. The van der Waals surface area contributed by atoms with Crippen LogP contribution in [0.15, 0.2) is 18.3 Å². The van der Waals surface area contributed by atoms with Crippen molar-refractivity contribution in [3.8, 4) is 0 Å². The summed E-state index contributed by atoms with van der Waals surface area (Å²) in [6.45, 7) is 1.94. The van der Waals surface area contributed by atoms with Crippen molar-refractivity contribution < 1.29 is 4.74 Å². The van der Waals surface area contributed by atoms with Crippen molar-refractivity contribution in [3.63, 3.8) is 0 Å². The van der Waals surface area contributed by atoms with Crippen molar-refractivity contribution in [2.45, 2.75) is 69.9 Å². The fourth-order valence-electron chi connectivity index (χ4n) is 3.64. The van der Waals surface area contributed by atoms with Gasteiger partial charge in [-0.1, -0.05) is 25.3 Å². The van der Waals surface area contributed by atoms with Crippen molar-refractivity contribution in [2.75, 3.05) is 13.2 Å². The molecule has 3 heteroatoms. The standard InChI is InChI=1S/C18H28N2O/c1-2-9-16(10-3-1)21-14-6-13-19-17-11-4-7-15-8-5-12-20-18(15)17/h5,8,12,16-17,19H,1-4,6-7,9-11,13-14H2. The fraction of sp³-hybridized carbons (Fsp3) is 0.722. The second-order valence-corrected chi connectivity index (χ2v) is 6.43. The molecule has 2 aliphatic rings. The maximum atomic E-state index is 5.99. The second kappa shape index (κ2) is 7.90. The molecule has 1 saturated carbocycles. The van der Waals surface area contributed by atoms with E-state index in [1.54, 1.807) is 0 Å². The number of ether oxygens (including phenoxy) is 1. The molecule has 0 aliphatic heterocycles. The van der Waals surface area contributed by atoms with Crippen LogP contribution in [-0.2, 0) is 11.2 Å². The summed E-state index contributed by atoms with van der Waals surface area (Å²) >= 11 is 0. The molecular formula is C18H28N2O. The molecule has 1 aromatic rings. The molecule has 0 radical (unpaired) electrons. The lowest BCUT2D eigenvalue weighted by Gasteiger charge is -2.25. The van der Waals surface area contributed by atoms with Crippen molar-refractivity contribution in [3.05, 3.63) is 29.6 Å².